The Hall–Kier alpha value is -2.82. The molecule has 2 aliphatic heterocycles. The molecule has 0 spiro atoms. The molecular formula is C23H29ClF2N6O2. The highest BCUT2D eigenvalue weighted by molar-refractivity contribution is 6.01. The average molecular weight is 495 g/mol. The summed E-state index contributed by atoms with van der Waals surface area (Å²) in [4.78, 5) is 31.5. The Morgan fingerprint density at radius 2 is 1.82 bits per heavy atom. The number of piperidine rings is 1. The Balaban J connectivity index is 0.00000324. The number of anilines is 2. The summed E-state index contributed by atoms with van der Waals surface area (Å²) in [6.45, 7) is 3.61. The van der Waals surface area contributed by atoms with Crippen LogP contribution >= 0.6 is 12.4 Å². The zero-order chi connectivity index (χ0) is 23.4. The Kier molecular flexibility index (Phi) is 8.76. The minimum Gasteiger partial charge on any atom is -0.373 e. The van der Waals surface area contributed by atoms with Crippen molar-refractivity contribution in [2.75, 3.05) is 42.9 Å². The average Bonchev–Trinajstić information content (AvgIpc) is 2.78. The number of aromatic nitrogens is 1. The quantitative estimate of drug-likeness (QED) is 0.504. The molecular weight excluding hydrogens is 466 g/mol. The SMILES string of the molecule is Cl.NCCc1ccc(CN2CCN(c3c(F)cc(NC4CCC(=O)NC4=O)cc3F)CC2)cn1. The zero-order valence-electron chi connectivity index (χ0n) is 18.7. The first-order valence-electron chi connectivity index (χ1n) is 11.1. The van der Waals surface area contributed by atoms with Gasteiger partial charge >= 0.3 is 0 Å². The molecule has 2 amide bonds. The van der Waals surface area contributed by atoms with Crippen molar-refractivity contribution in [2.24, 2.45) is 5.73 Å². The van der Waals surface area contributed by atoms with Crippen molar-refractivity contribution in [3.8, 4) is 0 Å². The lowest BCUT2D eigenvalue weighted by molar-refractivity contribution is -0.133. The van der Waals surface area contributed by atoms with Gasteiger partial charge in [0.05, 0.1) is 0 Å². The molecule has 0 radical (unpaired) electrons. The minimum absolute atomic E-state index is 0. The molecule has 2 aliphatic rings. The lowest BCUT2D eigenvalue weighted by Crippen LogP contribution is -2.47. The molecule has 2 saturated heterocycles. The highest BCUT2D eigenvalue weighted by atomic mass is 35.5. The van der Waals surface area contributed by atoms with Crippen molar-refractivity contribution in [3.63, 3.8) is 0 Å². The normalized spacial score (nSPS) is 18.9. The van der Waals surface area contributed by atoms with Gasteiger partial charge in [-0.1, -0.05) is 6.07 Å². The Bertz CT molecular complexity index is 992. The highest BCUT2D eigenvalue weighted by Gasteiger charge is 2.28. The maximum Gasteiger partial charge on any atom is 0.249 e. The molecule has 3 heterocycles. The van der Waals surface area contributed by atoms with Crippen LogP contribution in [0.4, 0.5) is 20.2 Å². The Labute approximate surface area is 203 Å². The fourth-order valence-corrected chi connectivity index (χ4v) is 4.22. The number of amides is 2. The van der Waals surface area contributed by atoms with Crippen LogP contribution in [0, 0.1) is 11.6 Å². The molecule has 0 saturated carbocycles. The second-order valence-corrected chi connectivity index (χ2v) is 8.40. The second kappa shape index (κ2) is 11.5. The smallest absolute Gasteiger partial charge is 0.249 e. The van der Waals surface area contributed by atoms with Gasteiger partial charge in [0.15, 0.2) is 11.6 Å². The fraction of sp³-hybridized carbons (Fsp3) is 0.435. The van der Waals surface area contributed by atoms with Crippen LogP contribution in [0.3, 0.4) is 0 Å². The van der Waals surface area contributed by atoms with E-state index in [9.17, 15) is 18.4 Å². The zero-order valence-corrected chi connectivity index (χ0v) is 19.5. The number of nitrogens with two attached hydrogens (primary N) is 1. The number of pyridine rings is 1. The predicted octanol–water partition coefficient (Wildman–Crippen LogP) is 1.82. The molecule has 11 heteroatoms. The summed E-state index contributed by atoms with van der Waals surface area (Å²) in [5, 5.41) is 5.05. The van der Waals surface area contributed by atoms with E-state index in [1.54, 1.807) is 4.90 Å². The number of carbonyl (C=O) groups excluding carboxylic acids is 2. The lowest BCUT2D eigenvalue weighted by Gasteiger charge is -2.36. The molecule has 34 heavy (non-hydrogen) atoms. The molecule has 4 rings (SSSR count). The van der Waals surface area contributed by atoms with Crippen molar-refractivity contribution < 1.29 is 18.4 Å². The molecule has 1 atom stereocenters. The van der Waals surface area contributed by atoms with Crippen LogP contribution in [0.1, 0.15) is 24.1 Å². The van der Waals surface area contributed by atoms with Crippen LogP contribution in [0.15, 0.2) is 30.5 Å². The number of halogens is 3. The molecule has 1 aromatic carbocycles. The minimum atomic E-state index is -0.699. The van der Waals surface area contributed by atoms with E-state index in [4.69, 9.17) is 5.73 Å². The third kappa shape index (κ3) is 6.19. The van der Waals surface area contributed by atoms with Crippen molar-refractivity contribution >= 4 is 35.6 Å². The lowest BCUT2D eigenvalue weighted by atomic mass is 10.1. The van der Waals surface area contributed by atoms with Crippen LogP contribution in [-0.2, 0) is 22.6 Å². The monoisotopic (exact) mass is 494 g/mol. The van der Waals surface area contributed by atoms with Gasteiger partial charge in [0.2, 0.25) is 11.8 Å². The van der Waals surface area contributed by atoms with E-state index in [0.29, 0.717) is 32.7 Å². The summed E-state index contributed by atoms with van der Waals surface area (Å²) in [6.07, 6.45) is 3.07. The second-order valence-electron chi connectivity index (χ2n) is 8.40. The van der Waals surface area contributed by atoms with Crippen LogP contribution < -0.4 is 21.3 Å². The number of rotatable bonds is 7. The fourth-order valence-electron chi connectivity index (χ4n) is 4.22. The summed E-state index contributed by atoms with van der Waals surface area (Å²) in [6, 6.07) is 5.72. The molecule has 1 unspecified atom stereocenters. The number of benzene rings is 1. The van der Waals surface area contributed by atoms with Crippen LogP contribution in [-0.4, -0.2) is 60.5 Å². The molecule has 1 aromatic heterocycles. The largest absolute Gasteiger partial charge is 0.373 e. The Morgan fingerprint density at radius 1 is 1.12 bits per heavy atom. The number of imide groups is 1. The number of nitrogens with one attached hydrogen (secondary N) is 2. The first-order chi connectivity index (χ1) is 15.9. The summed E-state index contributed by atoms with van der Waals surface area (Å²) >= 11 is 0. The topological polar surface area (TPSA) is 104 Å². The van der Waals surface area contributed by atoms with Crippen LogP contribution in [0.2, 0.25) is 0 Å². The van der Waals surface area contributed by atoms with Gasteiger partial charge in [0.25, 0.3) is 0 Å². The van der Waals surface area contributed by atoms with E-state index in [-0.39, 0.29) is 42.5 Å². The number of nitrogens with zero attached hydrogens (tertiary/aromatic N) is 3. The number of hydrogen-bond donors (Lipinski definition) is 3. The number of carbonyl (C=O) groups is 2. The molecule has 0 aliphatic carbocycles. The van der Waals surface area contributed by atoms with Gasteiger partial charge in [-0.05, 0) is 36.7 Å². The maximum atomic E-state index is 14.8. The van der Waals surface area contributed by atoms with Crippen molar-refractivity contribution in [1.29, 1.82) is 0 Å². The van der Waals surface area contributed by atoms with E-state index in [0.717, 1.165) is 24.2 Å². The van der Waals surface area contributed by atoms with Crippen molar-refractivity contribution in [2.45, 2.75) is 31.8 Å². The van der Waals surface area contributed by atoms with Gasteiger partial charge in [-0.2, -0.15) is 0 Å². The van der Waals surface area contributed by atoms with Gasteiger partial charge in [0, 0.05) is 63.1 Å². The van der Waals surface area contributed by atoms with Gasteiger partial charge in [-0.25, -0.2) is 8.78 Å². The van der Waals surface area contributed by atoms with Crippen LogP contribution in [0.25, 0.3) is 0 Å². The summed E-state index contributed by atoms with van der Waals surface area (Å²) in [5.74, 6) is -2.20. The van der Waals surface area contributed by atoms with Crippen molar-refractivity contribution in [1.82, 2.24) is 15.2 Å². The van der Waals surface area contributed by atoms with Gasteiger partial charge < -0.3 is 16.0 Å². The van der Waals surface area contributed by atoms with Gasteiger partial charge in [-0.3, -0.25) is 24.8 Å². The predicted molar refractivity (Wildman–Crippen MR) is 128 cm³/mol. The summed E-state index contributed by atoms with van der Waals surface area (Å²) < 4.78 is 29.7. The van der Waals surface area contributed by atoms with E-state index in [2.05, 4.69) is 20.5 Å². The highest BCUT2D eigenvalue weighted by Crippen LogP contribution is 2.29. The van der Waals surface area contributed by atoms with Gasteiger partial charge in [-0.15, -0.1) is 12.4 Å². The van der Waals surface area contributed by atoms with E-state index < -0.39 is 23.6 Å². The first kappa shape index (κ1) is 25.8. The van der Waals surface area contributed by atoms with E-state index in [1.165, 1.54) is 12.1 Å². The summed E-state index contributed by atoms with van der Waals surface area (Å²) in [5.41, 5.74) is 7.72. The third-order valence-corrected chi connectivity index (χ3v) is 5.98. The number of hydrogen-bond acceptors (Lipinski definition) is 7. The van der Waals surface area contributed by atoms with Crippen molar-refractivity contribution in [3.05, 3.63) is 53.4 Å². The molecule has 4 N–H and O–H groups in total. The summed E-state index contributed by atoms with van der Waals surface area (Å²) in [7, 11) is 0. The first-order valence-corrected chi connectivity index (χ1v) is 11.1. The van der Waals surface area contributed by atoms with E-state index >= 15 is 0 Å². The molecule has 2 aromatic rings. The third-order valence-electron chi connectivity index (χ3n) is 5.98. The van der Waals surface area contributed by atoms with E-state index in [1.807, 2.05) is 18.3 Å². The molecule has 0 bridgehead atoms. The molecule has 184 valence electrons. The maximum absolute atomic E-state index is 14.8. The standard InChI is InChI=1S/C23H28F2N6O2.ClH/c24-18-11-17(28-20-3-4-21(32)29-23(20)33)12-19(25)22(18)31-9-7-30(8-10-31)14-15-1-2-16(5-6-26)27-13-15;/h1-2,11-13,20,28H,3-10,14,26H2,(H,29,32,33);1H. The molecule has 2 fully saturated rings. The van der Waals surface area contributed by atoms with Gasteiger partial charge in [0.1, 0.15) is 11.7 Å². The van der Waals surface area contributed by atoms with Crippen LogP contribution in [0.5, 0.6) is 0 Å². The number of piperazine rings is 1. The Morgan fingerprint density at radius 3 is 2.41 bits per heavy atom. The molecule has 8 nitrogen and oxygen atoms in total.